The number of carboxylic acid groups (broad SMARTS) is 1. The minimum atomic E-state index is -0.992. The van der Waals surface area contributed by atoms with Crippen molar-refractivity contribution in [2.45, 2.75) is 19.4 Å². The third kappa shape index (κ3) is 7.52. The number of nitrogens with one attached hydrogen (secondary N) is 1. The van der Waals surface area contributed by atoms with E-state index in [-0.39, 0.29) is 31.3 Å². The first-order valence-corrected chi connectivity index (χ1v) is 13.6. The molecule has 4 rings (SSSR count). The van der Waals surface area contributed by atoms with E-state index >= 15 is 0 Å². The Morgan fingerprint density at radius 2 is 1.37 bits per heavy atom. The van der Waals surface area contributed by atoms with E-state index in [4.69, 9.17) is 16.3 Å². The SMILES string of the molecule is COc1ccccc1CCN(CCC(=O)O)C(=O)c1ccccc1-c1ccccc1C(=O)NCc1ccccc1Cl. The highest BCUT2D eigenvalue weighted by Crippen LogP contribution is 2.29. The van der Waals surface area contributed by atoms with Crippen LogP contribution in [0.4, 0.5) is 0 Å². The molecule has 0 radical (unpaired) electrons. The number of hydrogen-bond donors (Lipinski definition) is 2. The molecule has 7 nitrogen and oxygen atoms in total. The van der Waals surface area contributed by atoms with Crippen LogP contribution in [-0.4, -0.2) is 48.0 Å². The van der Waals surface area contributed by atoms with E-state index in [9.17, 15) is 19.5 Å². The molecule has 0 saturated heterocycles. The molecule has 8 heteroatoms. The molecule has 0 aliphatic rings. The van der Waals surface area contributed by atoms with Crippen molar-refractivity contribution in [3.8, 4) is 16.9 Å². The molecule has 0 unspecified atom stereocenters. The van der Waals surface area contributed by atoms with Gasteiger partial charge in [0.25, 0.3) is 11.8 Å². The summed E-state index contributed by atoms with van der Waals surface area (Å²) in [6.07, 6.45) is 0.291. The van der Waals surface area contributed by atoms with Crippen LogP contribution >= 0.6 is 11.6 Å². The number of benzene rings is 4. The molecule has 0 aliphatic heterocycles. The van der Waals surface area contributed by atoms with Crippen molar-refractivity contribution in [1.82, 2.24) is 10.2 Å². The smallest absolute Gasteiger partial charge is 0.305 e. The second-order valence-corrected chi connectivity index (χ2v) is 9.77. The summed E-state index contributed by atoms with van der Waals surface area (Å²) in [5.41, 5.74) is 3.67. The number of carbonyl (C=O) groups is 3. The minimum absolute atomic E-state index is 0.0393. The molecule has 0 aliphatic carbocycles. The standard InChI is InChI=1S/C33H31ClN2O5/c1-41-30-17-9-3-10-23(30)18-20-36(21-19-31(37)38)33(40)28-15-7-5-13-26(28)25-12-4-6-14-27(25)32(39)35-22-24-11-2-8-16-29(24)34/h2-17H,18-22H2,1H3,(H,35,39)(H,37,38). The Kier molecular flexibility index (Phi) is 10.1. The highest BCUT2D eigenvalue weighted by molar-refractivity contribution is 6.31. The maximum Gasteiger partial charge on any atom is 0.305 e. The molecule has 0 atom stereocenters. The van der Waals surface area contributed by atoms with Gasteiger partial charge >= 0.3 is 5.97 Å². The zero-order valence-electron chi connectivity index (χ0n) is 22.7. The number of carbonyl (C=O) groups excluding carboxylic acids is 2. The maximum absolute atomic E-state index is 13.9. The number of para-hydroxylation sites is 1. The van der Waals surface area contributed by atoms with Gasteiger partial charge in [0.05, 0.1) is 13.5 Å². The Hall–Kier alpha value is -4.62. The van der Waals surface area contributed by atoms with Crippen molar-refractivity contribution in [2.75, 3.05) is 20.2 Å². The Morgan fingerprint density at radius 1 is 0.780 bits per heavy atom. The highest BCUT2D eigenvalue weighted by atomic mass is 35.5. The number of aliphatic carboxylic acids is 1. The zero-order valence-corrected chi connectivity index (χ0v) is 23.4. The van der Waals surface area contributed by atoms with Crippen molar-refractivity contribution in [3.05, 3.63) is 124 Å². The van der Waals surface area contributed by atoms with Crippen LogP contribution in [-0.2, 0) is 17.8 Å². The number of rotatable bonds is 12. The van der Waals surface area contributed by atoms with E-state index in [1.54, 1.807) is 60.5 Å². The van der Waals surface area contributed by atoms with E-state index in [0.29, 0.717) is 46.0 Å². The van der Waals surface area contributed by atoms with Crippen molar-refractivity contribution in [3.63, 3.8) is 0 Å². The molecular weight excluding hydrogens is 540 g/mol. The summed E-state index contributed by atoms with van der Waals surface area (Å²) in [5.74, 6) is -0.908. The summed E-state index contributed by atoms with van der Waals surface area (Å²) in [4.78, 5) is 40.2. The lowest BCUT2D eigenvalue weighted by molar-refractivity contribution is -0.137. The van der Waals surface area contributed by atoms with Gasteiger partial charge in [-0.3, -0.25) is 14.4 Å². The van der Waals surface area contributed by atoms with Crippen LogP contribution in [0.5, 0.6) is 5.75 Å². The van der Waals surface area contributed by atoms with Crippen LogP contribution < -0.4 is 10.1 Å². The van der Waals surface area contributed by atoms with Crippen molar-refractivity contribution in [2.24, 2.45) is 0 Å². The van der Waals surface area contributed by atoms with Gasteiger partial charge in [-0.25, -0.2) is 0 Å². The first-order chi connectivity index (χ1) is 19.9. The molecule has 0 heterocycles. The van der Waals surface area contributed by atoms with Crippen molar-refractivity contribution < 1.29 is 24.2 Å². The fraction of sp³-hybridized carbons (Fsp3) is 0.182. The van der Waals surface area contributed by atoms with E-state index in [1.807, 2.05) is 48.5 Å². The molecule has 0 bridgehead atoms. The number of carboxylic acids is 1. The average Bonchev–Trinajstić information content (AvgIpc) is 3.00. The van der Waals surface area contributed by atoms with Gasteiger partial charge in [-0.15, -0.1) is 0 Å². The predicted molar refractivity (Wildman–Crippen MR) is 159 cm³/mol. The maximum atomic E-state index is 13.9. The molecule has 2 N–H and O–H groups in total. The van der Waals surface area contributed by atoms with Gasteiger partial charge in [0.2, 0.25) is 0 Å². The fourth-order valence-electron chi connectivity index (χ4n) is 4.61. The number of ether oxygens (including phenoxy) is 1. The molecule has 41 heavy (non-hydrogen) atoms. The van der Waals surface area contributed by atoms with E-state index in [1.165, 1.54) is 0 Å². The highest BCUT2D eigenvalue weighted by Gasteiger charge is 2.23. The Labute approximate surface area is 244 Å². The molecule has 4 aromatic rings. The lowest BCUT2D eigenvalue weighted by atomic mass is 9.94. The summed E-state index contributed by atoms with van der Waals surface area (Å²) in [6, 6.07) is 29.0. The Morgan fingerprint density at radius 3 is 2.05 bits per heavy atom. The number of nitrogens with zero attached hydrogens (tertiary/aromatic N) is 1. The largest absolute Gasteiger partial charge is 0.496 e. The predicted octanol–water partition coefficient (Wildman–Crippen LogP) is 6.11. The molecule has 0 saturated carbocycles. The summed E-state index contributed by atoms with van der Waals surface area (Å²) in [6.45, 7) is 0.581. The Bertz CT molecular complexity index is 1540. The van der Waals surface area contributed by atoms with Gasteiger partial charge in [-0.05, 0) is 52.9 Å². The summed E-state index contributed by atoms with van der Waals surface area (Å²) < 4.78 is 5.45. The molecule has 0 spiro atoms. The monoisotopic (exact) mass is 570 g/mol. The lowest BCUT2D eigenvalue weighted by Crippen LogP contribution is -2.35. The van der Waals surface area contributed by atoms with Gasteiger partial charge in [0.15, 0.2) is 0 Å². The first-order valence-electron chi connectivity index (χ1n) is 13.2. The number of hydrogen-bond acceptors (Lipinski definition) is 4. The fourth-order valence-corrected chi connectivity index (χ4v) is 4.82. The second-order valence-electron chi connectivity index (χ2n) is 9.36. The molecule has 4 aromatic carbocycles. The van der Waals surface area contributed by atoms with Gasteiger partial charge in [0, 0.05) is 35.8 Å². The van der Waals surface area contributed by atoms with Gasteiger partial charge in [0.1, 0.15) is 5.75 Å². The second kappa shape index (κ2) is 14.1. The third-order valence-corrected chi connectivity index (χ3v) is 7.11. The van der Waals surface area contributed by atoms with Crippen LogP contribution in [0.2, 0.25) is 5.02 Å². The number of amides is 2. The van der Waals surface area contributed by atoms with Crippen LogP contribution in [0.15, 0.2) is 97.1 Å². The zero-order chi connectivity index (χ0) is 29.2. The van der Waals surface area contributed by atoms with Crippen molar-refractivity contribution >= 4 is 29.4 Å². The normalized spacial score (nSPS) is 10.6. The van der Waals surface area contributed by atoms with E-state index in [2.05, 4.69) is 5.32 Å². The summed E-state index contributed by atoms with van der Waals surface area (Å²) in [5, 5.41) is 12.8. The molecule has 210 valence electrons. The van der Waals surface area contributed by atoms with Gasteiger partial charge in [-0.1, -0.05) is 84.4 Å². The molecule has 2 amide bonds. The lowest BCUT2D eigenvalue weighted by Gasteiger charge is -2.24. The molecular formula is C33H31ClN2O5. The van der Waals surface area contributed by atoms with Crippen LogP contribution in [0.3, 0.4) is 0 Å². The van der Waals surface area contributed by atoms with Gasteiger partial charge < -0.3 is 20.1 Å². The van der Waals surface area contributed by atoms with Crippen molar-refractivity contribution in [1.29, 1.82) is 0 Å². The van der Waals surface area contributed by atoms with Crippen LogP contribution in [0, 0.1) is 0 Å². The summed E-state index contributed by atoms with van der Waals surface area (Å²) in [7, 11) is 1.59. The number of methoxy groups -OCH3 is 1. The third-order valence-electron chi connectivity index (χ3n) is 6.74. The first kappa shape index (κ1) is 29.4. The topological polar surface area (TPSA) is 95.9 Å². The van der Waals surface area contributed by atoms with E-state index in [0.717, 1.165) is 11.1 Å². The average molecular weight is 571 g/mol. The Balaban J connectivity index is 1.62. The molecule has 0 fully saturated rings. The van der Waals surface area contributed by atoms with Crippen LogP contribution in [0.1, 0.15) is 38.3 Å². The number of halogens is 1. The summed E-state index contributed by atoms with van der Waals surface area (Å²) >= 11 is 6.26. The van der Waals surface area contributed by atoms with E-state index < -0.39 is 5.97 Å². The quantitative estimate of drug-likeness (QED) is 0.214. The minimum Gasteiger partial charge on any atom is -0.496 e. The van der Waals surface area contributed by atoms with Crippen LogP contribution in [0.25, 0.3) is 11.1 Å². The molecule has 0 aromatic heterocycles. The van der Waals surface area contributed by atoms with Gasteiger partial charge in [-0.2, -0.15) is 0 Å².